The molecule has 0 heterocycles. The number of aliphatic hydroxyl groups excluding tert-OH is 2. The lowest BCUT2D eigenvalue weighted by atomic mass is 9.92. The highest BCUT2D eigenvalue weighted by atomic mass is 16.5. The Kier molecular flexibility index (Phi) is 5.15. The first-order valence-corrected chi connectivity index (χ1v) is 7.14. The summed E-state index contributed by atoms with van der Waals surface area (Å²) in [5.74, 6) is -0.205. The molecule has 0 bridgehead atoms. The van der Waals surface area contributed by atoms with Crippen LogP contribution in [0.4, 0.5) is 22.7 Å². The van der Waals surface area contributed by atoms with Gasteiger partial charge in [-0.2, -0.15) is 0 Å². The van der Waals surface area contributed by atoms with Crippen LogP contribution in [0.1, 0.15) is 11.5 Å². The predicted molar refractivity (Wildman–Crippen MR) is 91.9 cm³/mol. The van der Waals surface area contributed by atoms with Gasteiger partial charge in [0.2, 0.25) is 0 Å². The van der Waals surface area contributed by atoms with E-state index >= 15 is 0 Å². The third kappa shape index (κ3) is 3.97. The Balaban J connectivity index is 2.11. The fourth-order valence-electron chi connectivity index (χ4n) is 2.33. The second kappa shape index (κ2) is 7.08. The predicted octanol–water partition coefficient (Wildman–Crippen LogP) is 0.531. The highest BCUT2D eigenvalue weighted by molar-refractivity contribution is 5.60. The van der Waals surface area contributed by atoms with Crippen molar-refractivity contribution in [1.82, 2.24) is 0 Å². The molecule has 0 aliphatic carbocycles. The smallest absolute Gasteiger partial charge is 0.142 e. The van der Waals surface area contributed by atoms with Crippen molar-refractivity contribution in [3.05, 3.63) is 42.0 Å². The van der Waals surface area contributed by atoms with Gasteiger partial charge in [-0.1, -0.05) is 0 Å². The Morgan fingerprint density at radius 3 is 2.22 bits per heavy atom. The first-order valence-electron chi connectivity index (χ1n) is 7.14. The molecule has 23 heavy (non-hydrogen) atoms. The summed E-state index contributed by atoms with van der Waals surface area (Å²) in [5.41, 5.74) is 25.5. The van der Waals surface area contributed by atoms with E-state index in [1.165, 1.54) is 0 Å². The average Bonchev–Trinajstić information content (AvgIpc) is 2.50. The molecular formula is C16H22N4O3. The van der Waals surface area contributed by atoms with Gasteiger partial charge in [0.05, 0.1) is 18.4 Å². The van der Waals surface area contributed by atoms with E-state index < -0.39 is 12.0 Å². The number of benzene rings is 2. The highest BCUT2D eigenvalue weighted by Crippen LogP contribution is 2.29. The number of rotatable bonds is 6. The topological polar surface area (TPSA) is 154 Å². The van der Waals surface area contributed by atoms with Gasteiger partial charge in [-0.05, 0) is 42.0 Å². The van der Waals surface area contributed by atoms with Crippen LogP contribution in [0.5, 0.6) is 5.75 Å². The average molecular weight is 318 g/mol. The Morgan fingerprint density at radius 1 is 0.913 bits per heavy atom. The van der Waals surface area contributed by atoms with Crippen LogP contribution in [-0.4, -0.2) is 29.5 Å². The van der Waals surface area contributed by atoms with Crippen LogP contribution in [0.3, 0.4) is 0 Å². The fourth-order valence-corrected chi connectivity index (χ4v) is 2.33. The monoisotopic (exact) mass is 318 g/mol. The third-order valence-corrected chi connectivity index (χ3v) is 3.61. The molecule has 2 rings (SSSR count). The van der Waals surface area contributed by atoms with Gasteiger partial charge < -0.3 is 37.9 Å². The molecule has 2 aromatic carbocycles. The second-order valence-corrected chi connectivity index (χ2v) is 5.35. The molecule has 0 saturated heterocycles. The molecule has 0 fully saturated rings. The molecule has 2 aromatic rings. The van der Waals surface area contributed by atoms with Crippen molar-refractivity contribution in [3.8, 4) is 5.75 Å². The van der Waals surface area contributed by atoms with Crippen molar-refractivity contribution in [2.45, 2.75) is 12.0 Å². The number of aliphatic hydroxyl groups is 2. The number of hydrogen-bond acceptors (Lipinski definition) is 7. The SMILES string of the molecule is Nc1ccc(OCC(O)C(CO)c2cc(N)ccc2N)c(N)c1. The largest absolute Gasteiger partial charge is 0.489 e. The molecular weight excluding hydrogens is 296 g/mol. The van der Waals surface area contributed by atoms with Gasteiger partial charge >= 0.3 is 0 Å². The molecule has 0 amide bonds. The van der Waals surface area contributed by atoms with Crippen LogP contribution in [0.25, 0.3) is 0 Å². The molecule has 2 unspecified atom stereocenters. The fraction of sp³-hybridized carbons (Fsp3) is 0.250. The van der Waals surface area contributed by atoms with Crippen molar-refractivity contribution in [3.63, 3.8) is 0 Å². The van der Waals surface area contributed by atoms with Crippen molar-refractivity contribution in [2.24, 2.45) is 0 Å². The first kappa shape index (κ1) is 16.7. The molecule has 0 radical (unpaired) electrons. The van der Waals surface area contributed by atoms with Gasteiger partial charge in [0, 0.05) is 23.0 Å². The zero-order valence-electron chi connectivity index (χ0n) is 12.6. The minimum atomic E-state index is -0.985. The Morgan fingerprint density at radius 2 is 1.57 bits per heavy atom. The first-order chi connectivity index (χ1) is 10.9. The Labute approximate surface area is 134 Å². The molecule has 7 nitrogen and oxygen atoms in total. The zero-order chi connectivity index (χ0) is 17.0. The van der Waals surface area contributed by atoms with Crippen molar-refractivity contribution < 1.29 is 14.9 Å². The highest BCUT2D eigenvalue weighted by Gasteiger charge is 2.23. The Bertz CT molecular complexity index is 678. The molecule has 2 atom stereocenters. The van der Waals surface area contributed by atoms with Gasteiger partial charge in [-0.25, -0.2) is 0 Å². The summed E-state index contributed by atoms with van der Waals surface area (Å²) in [6, 6.07) is 9.78. The lowest BCUT2D eigenvalue weighted by molar-refractivity contribution is 0.0623. The maximum Gasteiger partial charge on any atom is 0.142 e. The summed E-state index contributed by atoms with van der Waals surface area (Å²) in [5, 5.41) is 19.9. The van der Waals surface area contributed by atoms with Crippen molar-refractivity contribution in [2.75, 3.05) is 36.1 Å². The summed E-state index contributed by atoms with van der Waals surface area (Å²) in [6.07, 6.45) is -0.985. The van der Waals surface area contributed by atoms with Gasteiger partial charge in [0.15, 0.2) is 0 Å². The van der Waals surface area contributed by atoms with Crippen LogP contribution < -0.4 is 27.7 Å². The number of ether oxygens (including phenoxy) is 1. The number of hydrogen-bond donors (Lipinski definition) is 6. The third-order valence-electron chi connectivity index (χ3n) is 3.61. The van der Waals surface area contributed by atoms with Crippen molar-refractivity contribution in [1.29, 1.82) is 0 Å². The van der Waals surface area contributed by atoms with Crippen LogP contribution in [0.15, 0.2) is 36.4 Å². The van der Waals surface area contributed by atoms with E-state index in [2.05, 4.69) is 0 Å². The normalized spacial score (nSPS) is 13.5. The second-order valence-electron chi connectivity index (χ2n) is 5.35. The standard InChI is InChI=1S/C16H22N4O3/c17-9-1-3-13(19)11(5-9)12(7-21)15(22)8-23-16-4-2-10(18)6-14(16)20/h1-6,12,15,21-22H,7-8,17-20H2. The van der Waals surface area contributed by atoms with Crippen LogP contribution in [0.2, 0.25) is 0 Å². The molecule has 7 heteroatoms. The lowest BCUT2D eigenvalue weighted by Gasteiger charge is -2.23. The van der Waals surface area contributed by atoms with E-state index in [9.17, 15) is 10.2 Å². The summed E-state index contributed by atoms with van der Waals surface area (Å²) in [4.78, 5) is 0. The van der Waals surface area contributed by atoms with Gasteiger partial charge in [-0.3, -0.25) is 0 Å². The molecule has 0 spiro atoms. The van der Waals surface area contributed by atoms with E-state index in [1.54, 1.807) is 36.4 Å². The zero-order valence-corrected chi connectivity index (χ0v) is 12.6. The summed E-state index contributed by atoms with van der Waals surface area (Å²) in [6.45, 7) is -0.358. The summed E-state index contributed by atoms with van der Waals surface area (Å²) in [7, 11) is 0. The minimum Gasteiger partial charge on any atom is -0.489 e. The van der Waals surface area contributed by atoms with Crippen LogP contribution >= 0.6 is 0 Å². The van der Waals surface area contributed by atoms with E-state index in [4.69, 9.17) is 27.7 Å². The van der Waals surface area contributed by atoms with Gasteiger partial charge in [0.25, 0.3) is 0 Å². The maximum absolute atomic E-state index is 10.3. The van der Waals surface area contributed by atoms with Crippen LogP contribution in [0, 0.1) is 0 Å². The number of anilines is 4. The van der Waals surface area contributed by atoms with E-state index in [0.29, 0.717) is 34.1 Å². The lowest BCUT2D eigenvalue weighted by Crippen LogP contribution is -2.29. The summed E-state index contributed by atoms with van der Waals surface area (Å²) >= 11 is 0. The Hall–Kier alpha value is -2.64. The molecule has 0 aliphatic rings. The quantitative estimate of drug-likeness (QED) is 0.424. The van der Waals surface area contributed by atoms with E-state index in [-0.39, 0.29) is 13.2 Å². The molecule has 124 valence electrons. The minimum absolute atomic E-state index is 0.0619. The molecule has 0 aliphatic heterocycles. The molecule has 10 N–H and O–H groups in total. The molecule has 0 aromatic heterocycles. The molecule has 0 saturated carbocycles. The van der Waals surface area contributed by atoms with E-state index in [0.717, 1.165) is 0 Å². The van der Waals surface area contributed by atoms with Crippen LogP contribution in [-0.2, 0) is 0 Å². The maximum atomic E-state index is 10.3. The summed E-state index contributed by atoms with van der Waals surface area (Å²) < 4.78 is 5.51. The van der Waals surface area contributed by atoms with Crippen molar-refractivity contribution >= 4 is 22.7 Å². The van der Waals surface area contributed by atoms with Gasteiger partial charge in [0.1, 0.15) is 12.4 Å². The van der Waals surface area contributed by atoms with Gasteiger partial charge in [-0.15, -0.1) is 0 Å². The van der Waals surface area contributed by atoms with E-state index in [1.807, 2.05) is 0 Å². The number of nitrogens with two attached hydrogens (primary N) is 4. The number of nitrogen functional groups attached to an aromatic ring is 4.